The number of benzene rings is 2. The molecule has 0 radical (unpaired) electrons. The van der Waals surface area contributed by atoms with Gasteiger partial charge in [-0.2, -0.15) is 0 Å². The number of fused-ring (bicyclic) bond motifs is 1. The Kier molecular flexibility index (Phi) is 5.78. The van der Waals surface area contributed by atoms with Gasteiger partial charge in [0.1, 0.15) is 11.5 Å². The average molecular weight is 355 g/mol. The zero-order valence-corrected chi connectivity index (χ0v) is 15.5. The summed E-state index contributed by atoms with van der Waals surface area (Å²) >= 11 is 0. The Balaban J connectivity index is 1.88. The van der Waals surface area contributed by atoms with Crippen molar-refractivity contribution >= 4 is 5.91 Å². The zero-order chi connectivity index (χ0) is 18.5. The molecule has 1 aliphatic rings. The van der Waals surface area contributed by atoms with Crippen LogP contribution in [0.4, 0.5) is 0 Å². The summed E-state index contributed by atoms with van der Waals surface area (Å²) in [6, 6.07) is 12.2. The number of nitrogens with one attached hydrogen (secondary N) is 1. The molecule has 5 heteroatoms. The molecular weight excluding hydrogens is 330 g/mol. The smallest absolute Gasteiger partial charge is 0.222 e. The second kappa shape index (κ2) is 8.23. The van der Waals surface area contributed by atoms with Gasteiger partial charge in [-0.3, -0.25) is 4.79 Å². The van der Waals surface area contributed by atoms with Gasteiger partial charge in [-0.25, -0.2) is 0 Å². The predicted octanol–water partition coefficient (Wildman–Crippen LogP) is 3.65. The minimum atomic E-state index is -0.0402. The van der Waals surface area contributed by atoms with Crippen LogP contribution in [-0.2, 0) is 9.53 Å². The lowest BCUT2D eigenvalue weighted by Gasteiger charge is -2.27. The molecule has 0 aliphatic carbocycles. The lowest BCUT2D eigenvalue weighted by atomic mass is 9.93. The van der Waals surface area contributed by atoms with Crippen molar-refractivity contribution < 1.29 is 19.0 Å². The number of ether oxygens (including phenoxy) is 3. The van der Waals surface area contributed by atoms with Crippen LogP contribution in [0.3, 0.4) is 0 Å². The maximum absolute atomic E-state index is 12.1. The number of carbonyl (C=O) groups is 1. The molecule has 5 nitrogen and oxygen atoms in total. The molecule has 0 fully saturated rings. The first kappa shape index (κ1) is 18.3. The van der Waals surface area contributed by atoms with Gasteiger partial charge in [0, 0.05) is 25.5 Å². The number of carbonyl (C=O) groups excluding carboxylic acids is 1. The van der Waals surface area contributed by atoms with Gasteiger partial charge in [0.25, 0.3) is 0 Å². The van der Waals surface area contributed by atoms with Crippen LogP contribution in [0, 0.1) is 6.92 Å². The summed E-state index contributed by atoms with van der Waals surface area (Å²) in [5.74, 6) is 1.68. The molecule has 1 amide bonds. The molecule has 1 atom stereocenters. The van der Waals surface area contributed by atoms with E-state index in [-0.39, 0.29) is 11.9 Å². The largest absolute Gasteiger partial charge is 0.497 e. The van der Waals surface area contributed by atoms with E-state index in [9.17, 15) is 4.79 Å². The van der Waals surface area contributed by atoms with Crippen LogP contribution < -0.4 is 14.8 Å². The van der Waals surface area contributed by atoms with E-state index in [2.05, 4.69) is 30.4 Å². The normalized spacial score (nSPS) is 15.7. The van der Waals surface area contributed by atoms with Gasteiger partial charge in [0.05, 0.1) is 26.4 Å². The fraction of sp³-hybridized carbons (Fsp3) is 0.381. The lowest BCUT2D eigenvalue weighted by molar-refractivity contribution is -0.122. The third kappa shape index (κ3) is 3.99. The van der Waals surface area contributed by atoms with Crippen LogP contribution in [0.25, 0.3) is 11.1 Å². The standard InChI is InChI=1S/C21H25NO4/c1-14-12-16(25-3)5-6-17(14)15-4-7-20-18(13-15)19(8-11-26-20)22-21(23)9-10-24-2/h4-7,12-13,19H,8-11H2,1-3H3,(H,22,23). The molecular formula is C21H25NO4. The second-order valence-electron chi connectivity index (χ2n) is 6.43. The summed E-state index contributed by atoms with van der Waals surface area (Å²) in [7, 11) is 3.27. The molecule has 2 aromatic rings. The first-order chi connectivity index (χ1) is 12.6. The van der Waals surface area contributed by atoms with Gasteiger partial charge in [-0.1, -0.05) is 12.1 Å². The van der Waals surface area contributed by atoms with Crippen molar-refractivity contribution in [1.82, 2.24) is 5.32 Å². The van der Waals surface area contributed by atoms with Crippen molar-refractivity contribution in [3.05, 3.63) is 47.5 Å². The Hall–Kier alpha value is -2.53. The molecule has 1 heterocycles. The fourth-order valence-electron chi connectivity index (χ4n) is 3.26. The molecule has 0 aromatic heterocycles. The van der Waals surface area contributed by atoms with Gasteiger partial charge in [-0.15, -0.1) is 0 Å². The SMILES string of the molecule is COCCC(=O)NC1CCOc2ccc(-c3ccc(OC)cc3C)cc21. The maximum Gasteiger partial charge on any atom is 0.222 e. The van der Waals surface area contributed by atoms with Crippen molar-refractivity contribution in [3.8, 4) is 22.6 Å². The van der Waals surface area contributed by atoms with Crippen LogP contribution in [0.5, 0.6) is 11.5 Å². The number of amides is 1. The van der Waals surface area contributed by atoms with E-state index in [0.29, 0.717) is 19.6 Å². The minimum absolute atomic E-state index is 0.00395. The van der Waals surface area contributed by atoms with Crippen LogP contribution in [-0.4, -0.2) is 33.3 Å². The third-order valence-corrected chi connectivity index (χ3v) is 4.66. The molecule has 0 spiro atoms. The van der Waals surface area contributed by atoms with Crippen molar-refractivity contribution in [3.63, 3.8) is 0 Å². The van der Waals surface area contributed by atoms with Crippen molar-refractivity contribution in [1.29, 1.82) is 0 Å². The summed E-state index contributed by atoms with van der Waals surface area (Å²) in [5.41, 5.74) is 4.41. The molecule has 138 valence electrons. The van der Waals surface area contributed by atoms with Gasteiger partial charge in [0.2, 0.25) is 5.91 Å². The Labute approximate surface area is 154 Å². The molecule has 2 aromatic carbocycles. The summed E-state index contributed by atoms with van der Waals surface area (Å²) in [5, 5.41) is 3.10. The molecule has 3 rings (SSSR count). The molecule has 0 saturated carbocycles. The summed E-state index contributed by atoms with van der Waals surface area (Å²) in [6.45, 7) is 3.09. The zero-order valence-electron chi connectivity index (χ0n) is 15.5. The van der Waals surface area contributed by atoms with E-state index in [4.69, 9.17) is 14.2 Å². The van der Waals surface area contributed by atoms with Gasteiger partial charge >= 0.3 is 0 Å². The van der Waals surface area contributed by atoms with E-state index < -0.39 is 0 Å². The molecule has 0 saturated heterocycles. The average Bonchev–Trinajstić information content (AvgIpc) is 2.66. The lowest BCUT2D eigenvalue weighted by Crippen LogP contribution is -2.32. The highest BCUT2D eigenvalue weighted by atomic mass is 16.5. The number of rotatable bonds is 6. The highest BCUT2D eigenvalue weighted by molar-refractivity contribution is 5.77. The van der Waals surface area contributed by atoms with E-state index in [1.54, 1.807) is 14.2 Å². The van der Waals surface area contributed by atoms with E-state index >= 15 is 0 Å². The fourth-order valence-corrected chi connectivity index (χ4v) is 3.26. The van der Waals surface area contributed by atoms with Crippen molar-refractivity contribution in [2.75, 3.05) is 27.4 Å². The number of aryl methyl sites for hydroxylation is 1. The Morgan fingerprint density at radius 2 is 2.08 bits per heavy atom. The van der Waals surface area contributed by atoms with E-state index in [1.807, 2.05) is 18.2 Å². The van der Waals surface area contributed by atoms with E-state index in [1.165, 1.54) is 0 Å². The molecule has 26 heavy (non-hydrogen) atoms. The number of methoxy groups -OCH3 is 2. The highest BCUT2D eigenvalue weighted by Crippen LogP contribution is 2.36. The third-order valence-electron chi connectivity index (χ3n) is 4.66. The summed E-state index contributed by atoms with van der Waals surface area (Å²) in [4.78, 5) is 12.1. The topological polar surface area (TPSA) is 56.8 Å². The summed E-state index contributed by atoms with van der Waals surface area (Å²) in [6.07, 6.45) is 1.12. The van der Waals surface area contributed by atoms with Gasteiger partial charge in [0.15, 0.2) is 0 Å². The van der Waals surface area contributed by atoms with Crippen molar-refractivity contribution in [2.45, 2.75) is 25.8 Å². The number of hydrogen-bond donors (Lipinski definition) is 1. The summed E-state index contributed by atoms with van der Waals surface area (Å²) < 4.78 is 16.1. The Morgan fingerprint density at radius 3 is 2.81 bits per heavy atom. The first-order valence-electron chi connectivity index (χ1n) is 8.82. The Bertz CT molecular complexity index is 788. The quantitative estimate of drug-likeness (QED) is 0.859. The predicted molar refractivity (Wildman–Crippen MR) is 101 cm³/mol. The molecule has 1 aliphatic heterocycles. The van der Waals surface area contributed by atoms with Crippen molar-refractivity contribution in [2.24, 2.45) is 0 Å². The number of hydrogen-bond acceptors (Lipinski definition) is 4. The second-order valence-corrected chi connectivity index (χ2v) is 6.43. The Morgan fingerprint density at radius 1 is 1.23 bits per heavy atom. The van der Waals surface area contributed by atoms with E-state index in [0.717, 1.165) is 40.2 Å². The van der Waals surface area contributed by atoms with Gasteiger partial charge in [-0.05, 0) is 47.9 Å². The van der Waals surface area contributed by atoms with Gasteiger partial charge < -0.3 is 19.5 Å². The monoisotopic (exact) mass is 355 g/mol. The molecule has 0 bridgehead atoms. The van der Waals surface area contributed by atoms with Crippen LogP contribution in [0.2, 0.25) is 0 Å². The maximum atomic E-state index is 12.1. The van der Waals surface area contributed by atoms with Crippen LogP contribution in [0.15, 0.2) is 36.4 Å². The first-order valence-corrected chi connectivity index (χ1v) is 8.82. The minimum Gasteiger partial charge on any atom is -0.497 e. The van der Waals surface area contributed by atoms with Crippen LogP contribution >= 0.6 is 0 Å². The molecule has 1 unspecified atom stereocenters. The highest BCUT2D eigenvalue weighted by Gasteiger charge is 2.23. The van der Waals surface area contributed by atoms with Crippen LogP contribution in [0.1, 0.15) is 30.0 Å². The molecule has 1 N–H and O–H groups in total.